The van der Waals surface area contributed by atoms with Crippen molar-refractivity contribution in [1.82, 2.24) is 4.98 Å². The second kappa shape index (κ2) is 5.22. The first-order chi connectivity index (χ1) is 8.49. The highest BCUT2D eigenvalue weighted by molar-refractivity contribution is 7.80. The van der Waals surface area contributed by atoms with Crippen LogP contribution in [0.4, 0.5) is 5.69 Å². The van der Waals surface area contributed by atoms with Crippen LogP contribution in [0.15, 0.2) is 6.07 Å². The first kappa shape index (κ1) is 13.3. The number of pyridine rings is 1. The fourth-order valence-electron chi connectivity index (χ4n) is 2.38. The maximum absolute atomic E-state index is 5.80. The quantitative estimate of drug-likeness (QED) is 0.802. The lowest BCUT2D eigenvalue weighted by Gasteiger charge is -2.17. The lowest BCUT2D eigenvalue weighted by atomic mass is 10.1. The van der Waals surface area contributed by atoms with Crippen molar-refractivity contribution in [3.63, 3.8) is 0 Å². The third-order valence-electron chi connectivity index (χ3n) is 3.62. The highest BCUT2D eigenvalue weighted by atomic mass is 32.1. The van der Waals surface area contributed by atoms with Crippen LogP contribution in [0.3, 0.4) is 0 Å². The van der Waals surface area contributed by atoms with Crippen molar-refractivity contribution in [1.29, 1.82) is 0 Å². The Kier molecular flexibility index (Phi) is 3.85. The molecule has 1 aromatic heterocycles. The van der Waals surface area contributed by atoms with Crippen molar-refractivity contribution < 1.29 is 0 Å². The Hall–Kier alpha value is -1.16. The number of thiocarbonyl (C=S) groups is 1. The van der Waals surface area contributed by atoms with E-state index in [1.165, 1.54) is 12.8 Å². The topological polar surface area (TPSA) is 50.9 Å². The number of hydrogen-bond acceptors (Lipinski definition) is 3. The Morgan fingerprint density at radius 2 is 2.22 bits per heavy atom. The van der Waals surface area contributed by atoms with Gasteiger partial charge in [0.2, 0.25) is 0 Å². The van der Waals surface area contributed by atoms with Crippen LogP contribution in [0.2, 0.25) is 0 Å². The Labute approximate surface area is 114 Å². The normalized spacial score (nSPS) is 16.4. The lowest BCUT2D eigenvalue weighted by molar-refractivity contribution is 0.536. The van der Waals surface area contributed by atoms with E-state index < -0.39 is 0 Å². The van der Waals surface area contributed by atoms with Gasteiger partial charge in [0.25, 0.3) is 0 Å². The predicted octanol–water partition coefficient (Wildman–Crippen LogP) is 2.79. The monoisotopic (exact) mass is 263 g/mol. The van der Waals surface area contributed by atoms with E-state index in [1.54, 1.807) is 0 Å². The van der Waals surface area contributed by atoms with E-state index in [0.29, 0.717) is 10.9 Å². The molecule has 1 heterocycles. The van der Waals surface area contributed by atoms with Gasteiger partial charge in [-0.15, -0.1) is 0 Å². The van der Waals surface area contributed by atoms with E-state index in [1.807, 2.05) is 19.9 Å². The highest BCUT2D eigenvalue weighted by Crippen LogP contribution is 2.36. The minimum absolute atomic E-state index is 0.418. The average Bonchev–Trinajstić information content (AvgIpc) is 3.07. The van der Waals surface area contributed by atoms with Crippen LogP contribution in [0.25, 0.3) is 0 Å². The molecule has 98 valence electrons. The van der Waals surface area contributed by atoms with Crippen molar-refractivity contribution >= 4 is 22.9 Å². The first-order valence-electron chi connectivity index (χ1n) is 6.51. The SMILES string of the molecule is Cc1cc(NCC(C)C2CC2)c(C(N)=S)c(C)n1. The van der Waals surface area contributed by atoms with Crippen molar-refractivity contribution in [2.75, 3.05) is 11.9 Å². The van der Waals surface area contributed by atoms with Crippen LogP contribution in [-0.4, -0.2) is 16.5 Å². The molecule has 0 amide bonds. The number of anilines is 1. The molecular weight excluding hydrogens is 242 g/mol. The predicted molar refractivity (Wildman–Crippen MR) is 80.0 cm³/mol. The molecule has 0 saturated heterocycles. The molecule has 1 aliphatic rings. The van der Waals surface area contributed by atoms with Crippen LogP contribution in [0.1, 0.15) is 36.7 Å². The van der Waals surface area contributed by atoms with Gasteiger partial charge in [-0.2, -0.15) is 0 Å². The van der Waals surface area contributed by atoms with Crippen molar-refractivity contribution in [3.05, 3.63) is 23.0 Å². The molecule has 1 fully saturated rings. The zero-order chi connectivity index (χ0) is 13.3. The summed E-state index contributed by atoms with van der Waals surface area (Å²) >= 11 is 5.12. The van der Waals surface area contributed by atoms with E-state index in [-0.39, 0.29) is 0 Å². The summed E-state index contributed by atoms with van der Waals surface area (Å²) in [6.45, 7) is 7.22. The first-order valence-corrected chi connectivity index (χ1v) is 6.91. The maximum Gasteiger partial charge on any atom is 0.107 e. The Balaban J connectivity index is 2.16. The van der Waals surface area contributed by atoms with E-state index in [9.17, 15) is 0 Å². The third kappa shape index (κ3) is 2.99. The number of nitrogens with one attached hydrogen (secondary N) is 1. The summed E-state index contributed by atoms with van der Waals surface area (Å²) in [7, 11) is 0. The summed E-state index contributed by atoms with van der Waals surface area (Å²) in [5.41, 5.74) is 9.61. The van der Waals surface area contributed by atoms with Crippen LogP contribution in [0.5, 0.6) is 0 Å². The van der Waals surface area contributed by atoms with E-state index in [4.69, 9.17) is 18.0 Å². The van der Waals surface area contributed by atoms with Gasteiger partial charge in [-0.3, -0.25) is 4.98 Å². The van der Waals surface area contributed by atoms with Crippen LogP contribution >= 0.6 is 12.2 Å². The minimum atomic E-state index is 0.418. The van der Waals surface area contributed by atoms with E-state index >= 15 is 0 Å². The van der Waals surface area contributed by atoms with Gasteiger partial charge in [-0.25, -0.2) is 0 Å². The second-order valence-electron chi connectivity index (χ2n) is 5.33. The van der Waals surface area contributed by atoms with Gasteiger partial charge in [0.1, 0.15) is 4.99 Å². The number of aryl methyl sites for hydroxylation is 2. The zero-order valence-corrected chi connectivity index (χ0v) is 12.1. The zero-order valence-electron chi connectivity index (χ0n) is 11.3. The Morgan fingerprint density at radius 1 is 1.56 bits per heavy atom. The third-order valence-corrected chi connectivity index (χ3v) is 3.82. The molecule has 4 heteroatoms. The molecule has 0 spiro atoms. The highest BCUT2D eigenvalue weighted by Gasteiger charge is 2.27. The summed E-state index contributed by atoms with van der Waals surface area (Å²) in [5.74, 6) is 1.60. The fraction of sp³-hybridized carbons (Fsp3) is 0.571. The van der Waals surface area contributed by atoms with Gasteiger partial charge in [-0.1, -0.05) is 19.1 Å². The number of hydrogen-bond donors (Lipinski definition) is 2. The maximum atomic E-state index is 5.80. The molecule has 18 heavy (non-hydrogen) atoms. The molecular formula is C14H21N3S. The van der Waals surface area contributed by atoms with Crippen LogP contribution < -0.4 is 11.1 Å². The fourth-order valence-corrected chi connectivity index (χ4v) is 2.64. The minimum Gasteiger partial charge on any atom is -0.389 e. The van der Waals surface area contributed by atoms with Gasteiger partial charge in [0.05, 0.1) is 5.56 Å². The molecule has 3 nitrogen and oxygen atoms in total. The van der Waals surface area contributed by atoms with E-state index in [0.717, 1.165) is 35.1 Å². The van der Waals surface area contributed by atoms with Gasteiger partial charge in [0.15, 0.2) is 0 Å². The molecule has 1 atom stereocenters. The molecule has 1 aromatic rings. The van der Waals surface area contributed by atoms with Gasteiger partial charge in [0, 0.05) is 23.6 Å². The van der Waals surface area contributed by atoms with Gasteiger partial charge < -0.3 is 11.1 Å². The summed E-state index contributed by atoms with van der Waals surface area (Å²) in [5, 5.41) is 3.49. The number of nitrogens with zero attached hydrogens (tertiary/aromatic N) is 1. The Morgan fingerprint density at radius 3 is 2.78 bits per heavy atom. The van der Waals surface area contributed by atoms with Crippen LogP contribution in [-0.2, 0) is 0 Å². The van der Waals surface area contributed by atoms with E-state index in [2.05, 4.69) is 17.2 Å². The molecule has 0 bridgehead atoms. The molecule has 0 radical (unpaired) electrons. The number of rotatable bonds is 5. The van der Waals surface area contributed by atoms with Gasteiger partial charge in [-0.05, 0) is 44.6 Å². The molecule has 0 aromatic carbocycles. The molecule has 3 N–H and O–H groups in total. The molecule has 0 aliphatic heterocycles. The number of nitrogens with two attached hydrogens (primary N) is 1. The molecule has 1 aliphatic carbocycles. The van der Waals surface area contributed by atoms with Gasteiger partial charge >= 0.3 is 0 Å². The summed E-state index contributed by atoms with van der Waals surface area (Å²) in [6, 6.07) is 2.03. The molecule has 2 rings (SSSR count). The summed E-state index contributed by atoms with van der Waals surface area (Å²) in [6.07, 6.45) is 2.75. The average molecular weight is 263 g/mol. The number of aromatic nitrogens is 1. The van der Waals surface area contributed by atoms with Crippen molar-refractivity contribution in [2.45, 2.75) is 33.6 Å². The summed E-state index contributed by atoms with van der Waals surface area (Å²) < 4.78 is 0. The standard InChI is InChI=1S/C14H21N3S/c1-8(11-4-5-11)7-16-12-6-9(2)17-10(3)13(12)14(15)18/h6,8,11H,4-5,7H2,1-3H3,(H2,15,18)(H,16,17). The van der Waals surface area contributed by atoms with Crippen LogP contribution in [0, 0.1) is 25.7 Å². The largest absolute Gasteiger partial charge is 0.389 e. The Bertz CT molecular complexity index is 466. The summed E-state index contributed by atoms with van der Waals surface area (Å²) in [4.78, 5) is 4.84. The molecule has 1 saturated carbocycles. The second-order valence-corrected chi connectivity index (χ2v) is 5.77. The van der Waals surface area contributed by atoms with Crippen molar-refractivity contribution in [2.24, 2.45) is 17.6 Å². The van der Waals surface area contributed by atoms with Crippen molar-refractivity contribution in [3.8, 4) is 0 Å². The lowest BCUT2D eigenvalue weighted by Crippen LogP contribution is -2.19. The smallest absolute Gasteiger partial charge is 0.107 e. The molecule has 1 unspecified atom stereocenters.